The maximum Gasteiger partial charge on any atom is 0.509 e. The lowest BCUT2D eigenvalue weighted by molar-refractivity contribution is 0.0489. The summed E-state index contributed by atoms with van der Waals surface area (Å²) in [6.45, 7) is 3.97. The molecule has 0 bridgehead atoms. The summed E-state index contributed by atoms with van der Waals surface area (Å²) >= 11 is 5.36. The van der Waals surface area contributed by atoms with Crippen molar-refractivity contribution in [3.05, 3.63) is 0 Å². The van der Waals surface area contributed by atoms with E-state index < -0.39 is 11.7 Å². The molecule has 0 aliphatic carbocycles. The Bertz CT molecular complexity index is 114. The topological polar surface area (TPSA) is 35.5 Å². The summed E-state index contributed by atoms with van der Waals surface area (Å²) < 4.78 is 9.15. The van der Waals surface area contributed by atoms with Gasteiger partial charge < -0.3 is 9.47 Å². The molecular weight excluding hydrogens is 168 g/mol. The van der Waals surface area contributed by atoms with Crippen LogP contribution < -0.4 is 0 Å². The minimum absolute atomic E-state index is 0.402. The minimum Gasteiger partial charge on any atom is -0.434 e. The highest BCUT2D eigenvalue weighted by atomic mass is 35.5. The van der Waals surface area contributed by atoms with Crippen molar-refractivity contribution in [2.45, 2.75) is 32.3 Å². The van der Waals surface area contributed by atoms with E-state index in [1.165, 1.54) is 0 Å². The first-order valence-electron chi connectivity index (χ1n) is 3.64. The van der Waals surface area contributed by atoms with Gasteiger partial charge in [-0.25, -0.2) is 4.79 Å². The lowest BCUT2D eigenvalue weighted by Crippen LogP contribution is -2.11. The van der Waals surface area contributed by atoms with Crippen molar-refractivity contribution in [3.8, 4) is 0 Å². The third-order valence-corrected chi connectivity index (χ3v) is 1.07. The molecule has 4 heteroatoms. The van der Waals surface area contributed by atoms with Crippen LogP contribution in [0.25, 0.3) is 0 Å². The Labute approximate surface area is 71.6 Å². The number of carbonyl (C=O) groups excluding carboxylic acids is 1. The zero-order chi connectivity index (χ0) is 8.69. The van der Waals surface area contributed by atoms with Crippen molar-refractivity contribution in [1.82, 2.24) is 0 Å². The molecule has 0 saturated carbocycles. The van der Waals surface area contributed by atoms with Gasteiger partial charge in [0.15, 0.2) is 5.56 Å². The van der Waals surface area contributed by atoms with Crippen LogP contribution in [-0.4, -0.2) is 18.3 Å². The number of halogens is 1. The zero-order valence-corrected chi connectivity index (χ0v) is 7.56. The molecule has 0 saturated heterocycles. The fraction of sp³-hybridized carbons (Fsp3) is 0.857. The Morgan fingerprint density at radius 1 is 1.64 bits per heavy atom. The van der Waals surface area contributed by atoms with Crippen molar-refractivity contribution in [2.24, 2.45) is 0 Å². The van der Waals surface area contributed by atoms with E-state index in [2.05, 4.69) is 9.47 Å². The molecule has 0 unspecified atom stereocenters. The first-order chi connectivity index (χ1) is 5.16. The molecule has 0 heterocycles. The van der Waals surface area contributed by atoms with Crippen LogP contribution >= 0.6 is 11.6 Å². The van der Waals surface area contributed by atoms with Crippen LogP contribution in [0.15, 0.2) is 0 Å². The number of hydrogen-bond donors (Lipinski definition) is 0. The van der Waals surface area contributed by atoms with Gasteiger partial charge >= 0.3 is 6.16 Å². The monoisotopic (exact) mass is 180 g/mol. The van der Waals surface area contributed by atoms with Crippen molar-refractivity contribution in [3.63, 3.8) is 0 Å². The molecule has 0 fully saturated rings. The maximum absolute atomic E-state index is 10.6. The fourth-order valence-electron chi connectivity index (χ4n) is 0.466. The Morgan fingerprint density at radius 3 is 2.73 bits per heavy atom. The van der Waals surface area contributed by atoms with Gasteiger partial charge in [-0.2, -0.15) is 0 Å². The second-order valence-electron chi connectivity index (χ2n) is 2.11. The van der Waals surface area contributed by atoms with E-state index in [0.717, 1.165) is 12.8 Å². The largest absolute Gasteiger partial charge is 0.509 e. The SMILES string of the molecule is CCCCOC(=O)O[C@H](C)Cl. The number of rotatable bonds is 4. The summed E-state index contributed by atoms with van der Waals surface area (Å²) in [4.78, 5) is 10.6. The van der Waals surface area contributed by atoms with Gasteiger partial charge in [-0.3, -0.25) is 0 Å². The molecule has 0 aromatic carbocycles. The highest BCUT2D eigenvalue weighted by Crippen LogP contribution is 1.99. The first-order valence-corrected chi connectivity index (χ1v) is 4.08. The molecule has 0 aromatic heterocycles. The molecule has 0 rings (SSSR count). The van der Waals surface area contributed by atoms with Crippen LogP contribution in [0.5, 0.6) is 0 Å². The molecule has 0 aliphatic heterocycles. The van der Waals surface area contributed by atoms with Crippen LogP contribution in [0.1, 0.15) is 26.7 Å². The number of alkyl halides is 1. The lowest BCUT2D eigenvalue weighted by atomic mass is 10.4. The minimum atomic E-state index is -0.694. The quantitative estimate of drug-likeness (QED) is 0.379. The molecule has 1 atom stereocenters. The van der Waals surface area contributed by atoms with Gasteiger partial charge in [0.1, 0.15) is 0 Å². The Kier molecular flexibility index (Phi) is 6.03. The van der Waals surface area contributed by atoms with Gasteiger partial charge in [0, 0.05) is 0 Å². The van der Waals surface area contributed by atoms with E-state index in [1.807, 2.05) is 6.92 Å². The second-order valence-corrected chi connectivity index (χ2v) is 2.73. The lowest BCUT2D eigenvalue weighted by Gasteiger charge is -2.05. The van der Waals surface area contributed by atoms with Gasteiger partial charge in [0.25, 0.3) is 0 Å². The molecule has 0 N–H and O–H groups in total. The number of ether oxygens (including phenoxy) is 2. The van der Waals surface area contributed by atoms with Gasteiger partial charge in [-0.1, -0.05) is 24.9 Å². The van der Waals surface area contributed by atoms with Crippen LogP contribution in [0.4, 0.5) is 4.79 Å². The third kappa shape index (κ3) is 7.46. The predicted octanol–water partition coefficient (Wildman–Crippen LogP) is 2.52. The second kappa shape index (κ2) is 6.28. The van der Waals surface area contributed by atoms with E-state index in [0.29, 0.717) is 6.61 Å². The molecule has 0 amide bonds. The summed E-state index contributed by atoms with van der Waals surface area (Å²) in [5.74, 6) is 0. The molecule has 0 aliphatic rings. The Hall–Kier alpha value is -0.440. The molecule has 11 heavy (non-hydrogen) atoms. The van der Waals surface area contributed by atoms with E-state index in [1.54, 1.807) is 6.92 Å². The first kappa shape index (κ1) is 10.6. The van der Waals surface area contributed by atoms with Crippen LogP contribution in [0.2, 0.25) is 0 Å². The van der Waals surface area contributed by atoms with Crippen molar-refractivity contribution in [1.29, 1.82) is 0 Å². The molecule has 0 radical (unpaired) electrons. The molecule has 66 valence electrons. The summed E-state index contributed by atoms with van der Waals surface area (Å²) in [7, 11) is 0. The summed E-state index contributed by atoms with van der Waals surface area (Å²) in [5, 5.41) is 0. The van der Waals surface area contributed by atoms with Gasteiger partial charge in [0.2, 0.25) is 0 Å². The van der Waals surface area contributed by atoms with E-state index in [-0.39, 0.29) is 0 Å². The normalized spacial score (nSPS) is 12.3. The van der Waals surface area contributed by atoms with Crippen LogP contribution in [0, 0.1) is 0 Å². The van der Waals surface area contributed by atoms with Crippen molar-refractivity contribution >= 4 is 17.8 Å². The van der Waals surface area contributed by atoms with Crippen LogP contribution in [-0.2, 0) is 9.47 Å². The molecular formula is C7H13ClO3. The Balaban J connectivity index is 3.23. The average Bonchev–Trinajstić information content (AvgIpc) is 1.86. The summed E-state index contributed by atoms with van der Waals surface area (Å²) in [6, 6.07) is 0. The standard InChI is InChI=1S/C7H13ClO3/c1-3-4-5-10-7(9)11-6(2)8/h6H,3-5H2,1-2H3/t6-/m1/s1. The number of carbonyl (C=O) groups is 1. The average molecular weight is 181 g/mol. The van der Waals surface area contributed by atoms with E-state index >= 15 is 0 Å². The van der Waals surface area contributed by atoms with Crippen molar-refractivity contribution in [2.75, 3.05) is 6.61 Å². The van der Waals surface area contributed by atoms with Gasteiger partial charge in [-0.15, -0.1) is 0 Å². The number of unbranched alkanes of at least 4 members (excludes halogenated alkanes) is 1. The smallest absolute Gasteiger partial charge is 0.434 e. The highest BCUT2D eigenvalue weighted by molar-refractivity contribution is 6.19. The molecule has 0 spiro atoms. The third-order valence-electron chi connectivity index (χ3n) is 0.976. The summed E-state index contributed by atoms with van der Waals surface area (Å²) in [6.07, 6.45) is 1.15. The van der Waals surface area contributed by atoms with Crippen molar-refractivity contribution < 1.29 is 14.3 Å². The number of hydrogen-bond acceptors (Lipinski definition) is 3. The predicted molar refractivity (Wildman–Crippen MR) is 42.7 cm³/mol. The van der Waals surface area contributed by atoms with Gasteiger partial charge in [-0.05, 0) is 13.3 Å². The Morgan fingerprint density at radius 2 is 2.27 bits per heavy atom. The molecule has 3 nitrogen and oxygen atoms in total. The molecule has 0 aromatic rings. The summed E-state index contributed by atoms with van der Waals surface area (Å²) in [5.41, 5.74) is -0.621. The van der Waals surface area contributed by atoms with Gasteiger partial charge in [0.05, 0.1) is 6.61 Å². The fourth-order valence-corrected chi connectivity index (χ4v) is 0.539. The van der Waals surface area contributed by atoms with E-state index in [9.17, 15) is 4.79 Å². The highest BCUT2D eigenvalue weighted by Gasteiger charge is 2.05. The van der Waals surface area contributed by atoms with Crippen LogP contribution in [0.3, 0.4) is 0 Å². The van der Waals surface area contributed by atoms with E-state index in [4.69, 9.17) is 11.6 Å². The maximum atomic E-state index is 10.6. The zero-order valence-electron chi connectivity index (χ0n) is 6.80.